The van der Waals surface area contributed by atoms with Crippen molar-refractivity contribution in [3.05, 3.63) is 51.5 Å². The molecule has 0 unspecified atom stereocenters. The molecule has 0 amide bonds. The van der Waals surface area contributed by atoms with Gasteiger partial charge in [-0.2, -0.15) is 0 Å². The van der Waals surface area contributed by atoms with E-state index in [0.717, 1.165) is 18.8 Å². The van der Waals surface area contributed by atoms with Gasteiger partial charge in [-0.3, -0.25) is 4.90 Å². The lowest BCUT2D eigenvalue weighted by atomic mass is 10.1. The summed E-state index contributed by atoms with van der Waals surface area (Å²) in [6, 6.07) is 8.50. The second kappa shape index (κ2) is 6.09. The Balaban J connectivity index is 1.94. The molecule has 0 bridgehead atoms. The number of nitrogens with two attached hydrogens (primary N) is 1. The van der Waals surface area contributed by atoms with Crippen molar-refractivity contribution in [2.45, 2.75) is 26.6 Å². The molecule has 1 aromatic carbocycles. The topological polar surface area (TPSA) is 42.2 Å². The van der Waals surface area contributed by atoms with Crippen LogP contribution in [0.3, 0.4) is 0 Å². The van der Waals surface area contributed by atoms with Crippen LogP contribution in [0.15, 0.2) is 29.8 Å². The Hall–Kier alpha value is -1.23. The summed E-state index contributed by atoms with van der Waals surface area (Å²) in [5, 5.41) is 0. The van der Waals surface area contributed by atoms with Crippen LogP contribution in [-0.4, -0.2) is 16.9 Å². The molecule has 0 aliphatic carbocycles. The fourth-order valence-corrected chi connectivity index (χ4v) is 2.73. The van der Waals surface area contributed by atoms with Crippen LogP contribution >= 0.6 is 11.3 Å². The van der Waals surface area contributed by atoms with Gasteiger partial charge in [-0.05, 0) is 25.1 Å². The third-order valence-corrected chi connectivity index (χ3v) is 3.89. The second-order valence-electron chi connectivity index (χ2n) is 4.55. The van der Waals surface area contributed by atoms with Gasteiger partial charge in [-0.1, -0.05) is 24.3 Å². The predicted octanol–water partition coefficient (Wildman–Crippen LogP) is 2.54. The third-order valence-electron chi connectivity index (χ3n) is 2.97. The highest BCUT2D eigenvalue weighted by atomic mass is 32.1. The Labute approximate surface area is 112 Å². The number of aryl methyl sites for hydroxylation is 1. The van der Waals surface area contributed by atoms with Crippen LogP contribution in [0.4, 0.5) is 0 Å². The van der Waals surface area contributed by atoms with Gasteiger partial charge in [-0.25, -0.2) is 4.98 Å². The summed E-state index contributed by atoms with van der Waals surface area (Å²) in [4.78, 5) is 7.92. The normalized spacial score (nSPS) is 11.1. The van der Waals surface area contributed by atoms with Crippen LogP contribution in [0.25, 0.3) is 0 Å². The van der Waals surface area contributed by atoms with E-state index in [4.69, 9.17) is 5.73 Å². The van der Waals surface area contributed by atoms with Crippen molar-refractivity contribution in [3.8, 4) is 0 Å². The first-order chi connectivity index (χ1) is 8.69. The van der Waals surface area contributed by atoms with E-state index in [-0.39, 0.29) is 0 Å². The summed E-state index contributed by atoms with van der Waals surface area (Å²) in [6.45, 7) is 4.57. The van der Waals surface area contributed by atoms with Crippen LogP contribution in [0.1, 0.15) is 21.7 Å². The number of thiazole rings is 1. The highest BCUT2D eigenvalue weighted by Gasteiger charge is 2.06. The van der Waals surface area contributed by atoms with Gasteiger partial charge >= 0.3 is 0 Å². The lowest BCUT2D eigenvalue weighted by Gasteiger charge is -2.16. The molecule has 0 fully saturated rings. The zero-order chi connectivity index (χ0) is 13.0. The van der Waals surface area contributed by atoms with Gasteiger partial charge < -0.3 is 5.73 Å². The lowest BCUT2D eigenvalue weighted by molar-refractivity contribution is 0.321. The van der Waals surface area contributed by atoms with Gasteiger partial charge in [0.1, 0.15) is 0 Å². The molecule has 2 N–H and O–H groups in total. The lowest BCUT2D eigenvalue weighted by Crippen LogP contribution is -2.17. The van der Waals surface area contributed by atoms with Crippen LogP contribution in [0.5, 0.6) is 0 Å². The zero-order valence-electron chi connectivity index (χ0n) is 10.9. The molecule has 0 radical (unpaired) electrons. The Morgan fingerprint density at radius 3 is 2.39 bits per heavy atom. The van der Waals surface area contributed by atoms with Crippen molar-refractivity contribution in [2.24, 2.45) is 5.73 Å². The van der Waals surface area contributed by atoms with Crippen molar-refractivity contribution in [1.29, 1.82) is 0 Å². The quantitative estimate of drug-likeness (QED) is 0.899. The fourth-order valence-electron chi connectivity index (χ4n) is 1.87. The molecular formula is C14H19N3S. The Morgan fingerprint density at radius 2 is 1.83 bits per heavy atom. The van der Waals surface area contributed by atoms with E-state index >= 15 is 0 Å². The Morgan fingerprint density at radius 1 is 1.17 bits per heavy atom. The van der Waals surface area contributed by atoms with Crippen molar-refractivity contribution in [3.63, 3.8) is 0 Å². The van der Waals surface area contributed by atoms with E-state index in [0.29, 0.717) is 6.54 Å². The first-order valence-electron chi connectivity index (χ1n) is 6.04. The standard InChI is InChI=1S/C14H19N3S/c1-11-14(18-10-16-11)9-17(2)8-13-5-3-12(7-15)4-6-13/h3-6,10H,7-9,15H2,1-2H3. The van der Waals surface area contributed by atoms with Gasteiger partial charge in [0.15, 0.2) is 0 Å². The van der Waals surface area contributed by atoms with Gasteiger partial charge in [0.2, 0.25) is 0 Å². The van der Waals surface area contributed by atoms with Crippen molar-refractivity contribution < 1.29 is 0 Å². The number of hydrogen-bond donors (Lipinski definition) is 1. The van der Waals surface area contributed by atoms with E-state index in [1.54, 1.807) is 11.3 Å². The maximum absolute atomic E-state index is 5.59. The van der Waals surface area contributed by atoms with Crippen LogP contribution in [0, 0.1) is 6.92 Å². The smallest absolute Gasteiger partial charge is 0.0798 e. The van der Waals surface area contributed by atoms with Gasteiger partial charge in [0, 0.05) is 24.5 Å². The number of rotatable bonds is 5. The Bertz CT molecular complexity index is 490. The summed E-state index contributed by atoms with van der Waals surface area (Å²) in [7, 11) is 2.13. The molecule has 4 heteroatoms. The monoisotopic (exact) mass is 261 g/mol. The third kappa shape index (κ3) is 3.38. The molecular weight excluding hydrogens is 242 g/mol. The van der Waals surface area contributed by atoms with Gasteiger partial charge in [0.05, 0.1) is 11.2 Å². The molecule has 96 valence electrons. The number of aromatic nitrogens is 1. The van der Waals surface area contributed by atoms with Crippen molar-refractivity contribution >= 4 is 11.3 Å². The molecule has 18 heavy (non-hydrogen) atoms. The van der Waals surface area contributed by atoms with Gasteiger partial charge in [-0.15, -0.1) is 11.3 Å². The molecule has 0 saturated heterocycles. The summed E-state index contributed by atoms with van der Waals surface area (Å²) in [6.07, 6.45) is 0. The predicted molar refractivity (Wildman–Crippen MR) is 76.4 cm³/mol. The molecule has 2 aromatic rings. The van der Waals surface area contributed by atoms with Crippen LogP contribution in [-0.2, 0) is 19.6 Å². The SMILES string of the molecule is Cc1ncsc1CN(C)Cc1ccc(CN)cc1. The van der Waals surface area contributed by atoms with E-state index in [1.807, 2.05) is 5.51 Å². The molecule has 0 aliphatic rings. The summed E-state index contributed by atoms with van der Waals surface area (Å²) in [5.41, 5.74) is 11.1. The maximum Gasteiger partial charge on any atom is 0.0798 e. The zero-order valence-corrected chi connectivity index (χ0v) is 11.7. The Kier molecular flexibility index (Phi) is 4.47. The first kappa shape index (κ1) is 13.2. The molecule has 0 saturated carbocycles. The van der Waals surface area contributed by atoms with E-state index < -0.39 is 0 Å². The molecule has 0 spiro atoms. The summed E-state index contributed by atoms with van der Waals surface area (Å²) >= 11 is 1.73. The number of hydrogen-bond acceptors (Lipinski definition) is 4. The van der Waals surface area contributed by atoms with Crippen LogP contribution in [0.2, 0.25) is 0 Å². The van der Waals surface area contributed by atoms with Crippen molar-refractivity contribution in [2.75, 3.05) is 7.05 Å². The van der Waals surface area contributed by atoms with E-state index in [2.05, 4.69) is 48.1 Å². The minimum absolute atomic E-state index is 0.607. The minimum atomic E-state index is 0.607. The molecule has 3 nitrogen and oxygen atoms in total. The highest BCUT2D eigenvalue weighted by Crippen LogP contribution is 2.15. The fraction of sp³-hybridized carbons (Fsp3) is 0.357. The maximum atomic E-state index is 5.59. The van der Waals surface area contributed by atoms with E-state index in [9.17, 15) is 0 Å². The number of benzene rings is 1. The molecule has 0 atom stereocenters. The van der Waals surface area contributed by atoms with Gasteiger partial charge in [0.25, 0.3) is 0 Å². The summed E-state index contributed by atoms with van der Waals surface area (Å²) in [5.74, 6) is 0. The minimum Gasteiger partial charge on any atom is -0.326 e. The molecule has 1 heterocycles. The second-order valence-corrected chi connectivity index (χ2v) is 5.49. The average molecular weight is 261 g/mol. The first-order valence-corrected chi connectivity index (χ1v) is 6.92. The summed E-state index contributed by atoms with van der Waals surface area (Å²) < 4.78 is 0. The highest BCUT2D eigenvalue weighted by molar-refractivity contribution is 7.09. The van der Waals surface area contributed by atoms with Crippen molar-refractivity contribution in [1.82, 2.24) is 9.88 Å². The van der Waals surface area contributed by atoms with E-state index in [1.165, 1.54) is 16.0 Å². The average Bonchev–Trinajstić information content (AvgIpc) is 2.76. The van der Waals surface area contributed by atoms with Crippen LogP contribution < -0.4 is 5.73 Å². The molecule has 2 rings (SSSR count). The number of nitrogens with zero attached hydrogens (tertiary/aromatic N) is 2. The largest absolute Gasteiger partial charge is 0.326 e. The molecule has 1 aromatic heterocycles. The molecule has 0 aliphatic heterocycles.